The number of sulfonamides is 1. The van der Waals surface area contributed by atoms with Crippen LogP contribution in [0.4, 0.5) is 4.39 Å². The lowest BCUT2D eigenvalue weighted by Crippen LogP contribution is -2.24. The van der Waals surface area contributed by atoms with Gasteiger partial charge in [-0.15, -0.1) is 0 Å². The first kappa shape index (κ1) is 16.4. The number of aromatic nitrogens is 2. The van der Waals surface area contributed by atoms with Crippen molar-refractivity contribution in [2.75, 3.05) is 0 Å². The van der Waals surface area contributed by atoms with Crippen molar-refractivity contribution in [1.82, 2.24) is 14.5 Å². The van der Waals surface area contributed by atoms with Crippen LogP contribution in [0.2, 0.25) is 0 Å². The number of benzene rings is 2. The van der Waals surface area contributed by atoms with E-state index >= 15 is 0 Å². The number of hydrogen-bond donors (Lipinski definition) is 1. The number of halogens is 1. The molecule has 1 N–H and O–H groups in total. The molecule has 2 aromatic carbocycles. The van der Waals surface area contributed by atoms with Crippen LogP contribution in [0.5, 0.6) is 0 Å². The molecule has 0 aliphatic heterocycles. The van der Waals surface area contributed by atoms with Crippen LogP contribution >= 0.6 is 0 Å². The molecule has 0 fully saturated rings. The molecule has 124 valence electrons. The molecule has 0 saturated carbocycles. The van der Waals surface area contributed by atoms with Crippen LogP contribution < -0.4 is 4.72 Å². The predicted octanol–water partition coefficient (Wildman–Crippen LogP) is 2.63. The first-order valence-corrected chi connectivity index (χ1v) is 8.98. The molecular weight excluding hydrogens is 329 g/mol. The Labute approximate surface area is 139 Å². The van der Waals surface area contributed by atoms with E-state index in [1.807, 2.05) is 30.3 Å². The van der Waals surface area contributed by atoms with Crippen LogP contribution in [0.3, 0.4) is 0 Å². The summed E-state index contributed by atoms with van der Waals surface area (Å²) in [5.74, 6) is -0.586. The zero-order chi connectivity index (χ0) is 17.0. The fourth-order valence-corrected chi connectivity index (χ4v) is 3.34. The Kier molecular flexibility index (Phi) is 4.73. The van der Waals surface area contributed by atoms with Crippen LogP contribution in [0, 0.1) is 5.82 Å². The summed E-state index contributed by atoms with van der Waals surface area (Å²) in [5.41, 5.74) is 2.18. The topological polar surface area (TPSA) is 64.0 Å². The summed E-state index contributed by atoms with van der Waals surface area (Å²) >= 11 is 0. The molecule has 3 aromatic rings. The Morgan fingerprint density at radius 1 is 1.00 bits per heavy atom. The van der Waals surface area contributed by atoms with Gasteiger partial charge in [0.2, 0.25) is 10.0 Å². The van der Waals surface area contributed by atoms with E-state index in [0.717, 1.165) is 11.3 Å². The van der Waals surface area contributed by atoms with Crippen molar-refractivity contribution in [2.45, 2.75) is 12.3 Å². The fraction of sp³-hybridized carbons (Fsp3) is 0.118. The number of nitrogens with one attached hydrogen (secondary N) is 1. The third kappa shape index (κ3) is 4.27. The fourth-order valence-electron chi connectivity index (χ4n) is 2.22. The molecule has 0 unspecified atom stereocenters. The molecule has 1 heterocycles. The molecule has 24 heavy (non-hydrogen) atoms. The maximum Gasteiger partial charge on any atom is 0.216 e. The standard InChI is InChI=1S/C17H16FN3O2S/c18-16-8-6-14(7-9-16)13-24(22,23)20-11-15-10-19-21(12-15)17-4-2-1-3-5-17/h1-10,12,20H,11,13H2. The van der Waals surface area contributed by atoms with Crippen LogP contribution in [-0.2, 0) is 22.3 Å². The number of nitrogens with zero attached hydrogens (tertiary/aromatic N) is 2. The second kappa shape index (κ2) is 6.94. The Hall–Kier alpha value is -2.51. The third-order valence-electron chi connectivity index (χ3n) is 3.42. The van der Waals surface area contributed by atoms with E-state index in [1.54, 1.807) is 17.1 Å². The molecule has 0 amide bonds. The SMILES string of the molecule is O=S(=O)(Cc1ccc(F)cc1)NCc1cnn(-c2ccccc2)c1. The minimum atomic E-state index is -3.51. The van der Waals surface area contributed by atoms with Crippen molar-refractivity contribution < 1.29 is 12.8 Å². The number of hydrogen-bond acceptors (Lipinski definition) is 3. The average molecular weight is 345 g/mol. The van der Waals surface area contributed by atoms with Gasteiger partial charge in [-0.1, -0.05) is 30.3 Å². The molecule has 1 aromatic heterocycles. The van der Waals surface area contributed by atoms with Gasteiger partial charge in [0.15, 0.2) is 0 Å². The molecule has 5 nitrogen and oxygen atoms in total. The third-order valence-corrected chi connectivity index (χ3v) is 4.72. The van der Waals surface area contributed by atoms with Gasteiger partial charge in [-0.25, -0.2) is 22.2 Å². The highest BCUT2D eigenvalue weighted by Gasteiger charge is 2.12. The minimum absolute atomic E-state index is 0.149. The molecule has 0 bridgehead atoms. The van der Waals surface area contributed by atoms with Gasteiger partial charge in [-0.2, -0.15) is 5.10 Å². The molecule has 0 spiro atoms. The Balaban J connectivity index is 1.63. The molecule has 3 rings (SSSR count). The lowest BCUT2D eigenvalue weighted by Gasteiger charge is -2.05. The molecule has 0 aliphatic rings. The second-order valence-corrected chi connectivity index (χ2v) is 7.14. The van der Waals surface area contributed by atoms with E-state index in [4.69, 9.17) is 0 Å². The summed E-state index contributed by atoms with van der Waals surface area (Å²) in [7, 11) is -3.51. The van der Waals surface area contributed by atoms with Crippen molar-refractivity contribution in [1.29, 1.82) is 0 Å². The van der Waals surface area contributed by atoms with Gasteiger partial charge in [0, 0.05) is 18.3 Å². The van der Waals surface area contributed by atoms with Crippen LogP contribution in [0.15, 0.2) is 67.0 Å². The maximum atomic E-state index is 12.9. The first-order chi connectivity index (χ1) is 11.5. The van der Waals surface area contributed by atoms with E-state index < -0.39 is 15.8 Å². The monoisotopic (exact) mass is 345 g/mol. The summed E-state index contributed by atoms with van der Waals surface area (Å²) in [5, 5.41) is 4.22. The van der Waals surface area contributed by atoms with Crippen molar-refractivity contribution in [2.24, 2.45) is 0 Å². The highest BCUT2D eigenvalue weighted by atomic mass is 32.2. The van der Waals surface area contributed by atoms with E-state index in [0.29, 0.717) is 5.56 Å². The average Bonchev–Trinajstić information content (AvgIpc) is 3.05. The van der Waals surface area contributed by atoms with Gasteiger partial charge in [0.25, 0.3) is 0 Å². The van der Waals surface area contributed by atoms with Crippen LogP contribution in [-0.4, -0.2) is 18.2 Å². The largest absolute Gasteiger partial charge is 0.241 e. The molecule has 0 aliphatic carbocycles. The molecule has 0 radical (unpaired) electrons. The zero-order valence-corrected chi connectivity index (χ0v) is 13.6. The summed E-state index contributed by atoms with van der Waals surface area (Å²) in [6.45, 7) is 0.149. The van der Waals surface area contributed by atoms with Crippen LogP contribution in [0.1, 0.15) is 11.1 Å². The van der Waals surface area contributed by atoms with Gasteiger partial charge in [0.1, 0.15) is 5.82 Å². The van der Waals surface area contributed by atoms with Crippen LogP contribution in [0.25, 0.3) is 5.69 Å². The zero-order valence-electron chi connectivity index (χ0n) is 12.8. The molecule has 0 atom stereocenters. The highest BCUT2D eigenvalue weighted by molar-refractivity contribution is 7.88. The Bertz CT molecular complexity index is 907. The van der Waals surface area contributed by atoms with E-state index in [-0.39, 0.29) is 12.3 Å². The summed E-state index contributed by atoms with van der Waals surface area (Å²) in [6, 6.07) is 15.0. The minimum Gasteiger partial charge on any atom is -0.241 e. The highest BCUT2D eigenvalue weighted by Crippen LogP contribution is 2.09. The number of rotatable bonds is 6. The van der Waals surface area contributed by atoms with Crippen molar-refractivity contribution >= 4 is 10.0 Å². The van der Waals surface area contributed by atoms with Crippen molar-refractivity contribution in [3.63, 3.8) is 0 Å². The lowest BCUT2D eigenvalue weighted by molar-refractivity contribution is 0.580. The van der Waals surface area contributed by atoms with Gasteiger partial charge >= 0.3 is 0 Å². The predicted molar refractivity (Wildman–Crippen MR) is 89.4 cm³/mol. The normalized spacial score (nSPS) is 11.5. The Morgan fingerprint density at radius 3 is 2.42 bits per heavy atom. The van der Waals surface area contributed by atoms with Crippen molar-refractivity contribution in [3.05, 3.63) is 83.9 Å². The second-order valence-electron chi connectivity index (χ2n) is 5.34. The van der Waals surface area contributed by atoms with Gasteiger partial charge in [-0.3, -0.25) is 0 Å². The first-order valence-electron chi connectivity index (χ1n) is 7.33. The van der Waals surface area contributed by atoms with Gasteiger partial charge in [0.05, 0.1) is 17.6 Å². The van der Waals surface area contributed by atoms with Crippen molar-refractivity contribution in [3.8, 4) is 5.69 Å². The molecular formula is C17H16FN3O2S. The molecule has 7 heteroatoms. The molecule has 0 saturated heterocycles. The lowest BCUT2D eigenvalue weighted by atomic mass is 10.2. The smallest absolute Gasteiger partial charge is 0.216 e. The summed E-state index contributed by atoms with van der Waals surface area (Å²) < 4.78 is 41.3. The summed E-state index contributed by atoms with van der Waals surface area (Å²) in [4.78, 5) is 0. The summed E-state index contributed by atoms with van der Waals surface area (Å²) in [6.07, 6.45) is 3.39. The van der Waals surface area contributed by atoms with E-state index in [1.165, 1.54) is 24.3 Å². The number of para-hydroxylation sites is 1. The Morgan fingerprint density at radius 2 is 1.71 bits per heavy atom. The quantitative estimate of drug-likeness (QED) is 0.747. The van der Waals surface area contributed by atoms with E-state index in [2.05, 4.69) is 9.82 Å². The van der Waals surface area contributed by atoms with E-state index in [9.17, 15) is 12.8 Å². The maximum absolute atomic E-state index is 12.9. The van der Waals surface area contributed by atoms with Gasteiger partial charge < -0.3 is 0 Å². The van der Waals surface area contributed by atoms with Gasteiger partial charge in [-0.05, 0) is 29.8 Å².